The molecule has 0 aliphatic heterocycles. The van der Waals surface area contributed by atoms with Crippen LogP contribution in [-0.4, -0.2) is 15.0 Å². The van der Waals surface area contributed by atoms with Crippen molar-refractivity contribution in [2.45, 2.75) is 35.3 Å². The van der Waals surface area contributed by atoms with E-state index >= 15 is 0 Å². The van der Waals surface area contributed by atoms with E-state index in [-0.39, 0.29) is 5.41 Å². The van der Waals surface area contributed by atoms with E-state index in [0.29, 0.717) is 10.8 Å². The Hall–Kier alpha value is -0.690. The zero-order valence-corrected chi connectivity index (χ0v) is 13.5. The minimum Gasteiger partial charge on any atom is -0.210 e. The van der Waals surface area contributed by atoms with Gasteiger partial charge in [0.1, 0.15) is 4.21 Å². The third kappa shape index (κ3) is 2.70. The van der Waals surface area contributed by atoms with Crippen LogP contribution in [-0.2, 0) is 15.4 Å². The summed E-state index contributed by atoms with van der Waals surface area (Å²) in [6.45, 7) is 0.508. The van der Waals surface area contributed by atoms with Crippen molar-refractivity contribution in [1.29, 1.82) is 0 Å². The van der Waals surface area contributed by atoms with E-state index in [1.807, 2.05) is 6.07 Å². The molecule has 1 aliphatic carbocycles. The molecule has 3 rings (SSSR count). The molecule has 108 valence electrons. The quantitative estimate of drug-likeness (QED) is 0.912. The maximum atomic E-state index is 12.3. The summed E-state index contributed by atoms with van der Waals surface area (Å²) in [5, 5.41) is 3.86. The first kappa shape index (κ1) is 14.3. The summed E-state index contributed by atoms with van der Waals surface area (Å²) >= 11 is 3.00. The van der Waals surface area contributed by atoms with Gasteiger partial charge in [0.2, 0.25) is 10.0 Å². The Morgan fingerprint density at radius 3 is 2.40 bits per heavy atom. The van der Waals surface area contributed by atoms with Gasteiger partial charge in [-0.25, -0.2) is 13.1 Å². The SMILES string of the molecule is O=S(=O)(NCC1(c2cccs2)CCCC1)c1cccs1. The Bertz CT molecular complexity index is 639. The first-order valence-electron chi connectivity index (χ1n) is 6.70. The molecule has 0 atom stereocenters. The summed E-state index contributed by atoms with van der Waals surface area (Å²) in [6.07, 6.45) is 4.50. The molecule has 0 radical (unpaired) electrons. The van der Waals surface area contributed by atoms with Gasteiger partial charge in [-0.2, -0.15) is 0 Å². The number of hydrogen-bond donors (Lipinski definition) is 1. The Balaban J connectivity index is 1.79. The lowest BCUT2D eigenvalue weighted by molar-refractivity contribution is 0.440. The van der Waals surface area contributed by atoms with Gasteiger partial charge >= 0.3 is 0 Å². The van der Waals surface area contributed by atoms with Crippen LogP contribution in [0.1, 0.15) is 30.6 Å². The summed E-state index contributed by atoms with van der Waals surface area (Å²) in [7, 11) is -3.36. The minimum absolute atomic E-state index is 0.00149. The lowest BCUT2D eigenvalue weighted by Crippen LogP contribution is -2.38. The number of sulfonamides is 1. The second-order valence-corrected chi connectivity index (χ2v) is 9.11. The Morgan fingerprint density at radius 1 is 1.10 bits per heavy atom. The highest BCUT2D eigenvalue weighted by Crippen LogP contribution is 2.42. The molecule has 0 bridgehead atoms. The third-order valence-electron chi connectivity index (χ3n) is 3.97. The molecule has 3 nitrogen and oxygen atoms in total. The van der Waals surface area contributed by atoms with Crippen LogP contribution >= 0.6 is 22.7 Å². The molecule has 0 aromatic carbocycles. The van der Waals surface area contributed by atoms with Crippen LogP contribution < -0.4 is 4.72 Å². The van der Waals surface area contributed by atoms with Gasteiger partial charge in [0.15, 0.2) is 0 Å². The number of thiophene rings is 2. The summed E-state index contributed by atoms with van der Waals surface area (Å²) in [5.74, 6) is 0. The van der Waals surface area contributed by atoms with Gasteiger partial charge in [-0.05, 0) is 35.7 Å². The average molecular weight is 327 g/mol. The normalized spacial score (nSPS) is 18.4. The molecule has 1 saturated carbocycles. The van der Waals surface area contributed by atoms with E-state index in [2.05, 4.69) is 16.2 Å². The van der Waals surface area contributed by atoms with E-state index in [4.69, 9.17) is 0 Å². The Labute approximate surface area is 127 Å². The van der Waals surface area contributed by atoms with Gasteiger partial charge in [0.25, 0.3) is 0 Å². The number of rotatable bonds is 5. The monoisotopic (exact) mass is 327 g/mol. The van der Waals surface area contributed by atoms with Crippen LogP contribution in [0, 0.1) is 0 Å². The largest absolute Gasteiger partial charge is 0.250 e. The standard InChI is InChI=1S/C14H17NO2S3/c16-20(17,13-6-4-10-19-13)15-11-14(7-1-2-8-14)12-5-3-9-18-12/h3-6,9-10,15H,1-2,7-8,11H2. The van der Waals surface area contributed by atoms with Crippen LogP contribution in [0.3, 0.4) is 0 Å². The van der Waals surface area contributed by atoms with Crippen molar-refractivity contribution in [2.75, 3.05) is 6.54 Å². The predicted octanol–water partition coefficient (Wildman–Crippen LogP) is 3.60. The highest BCUT2D eigenvalue weighted by molar-refractivity contribution is 7.91. The van der Waals surface area contributed by atoms with Gasteiger partial charge in [0, 0.05) is 16.8 Å². The summed E-state index contributed by atoms with van der Waals surface area (Å²) < 4.78 is 27.8. The van der Waals surface area contributed by atoms with Gasteiger partial charge < -0.3 is 0 Å². The maximum Gasteiger partial charge on any atom is 0.250 e. The molecule has 2 heterocycles. The molecule has 1 fully saturated rings. The first-order chi connectivity index (χ1) is 9.62. The molecule has 1 aliphatic rings. The molecule has 0 unspecified atom stereocenters. The minimum atomic E-state index is -3.36. The topological polar surface area (TPSA) is 46.2 Å². The Kier molecular flexibility index (Phi) is 3.99. The van der Waals surface area contributed by atoms with Crippen molar-refractivity contribution in [3.63, 3.8) is 0 Å². The predicted molar refractivity (Wildman–Crippen MR) is 84.0 cm³/mol. The summed E-state index contributed by atoms with van der Waals surface area (Å²) in [5.41, 5.74) is -0.00149. The molecule has 0 amide bonds. The molecule has 0 saturated heterocycles. The molecular formula is C14H17NO2S3. The fourth-order valence-electron chi connectivity index (χ4n) is 2.86. The fraction of sp³-hybridized carbons (Fsp3) is 0.429. The van der Waals surface area contributed by atoms with Crippen LogP contribution in [0.2, 0.25) is 0 Å². The van der Waals surface area contributed by atoms with E-state index in [1.165, 1.54) is 29.1 Å². The van der Waals surface area contributed by atoms with E-state index in [1.54, 1.807) is 28.8 Å². The highest BCUT2D eigenvalue weighted by Gasteiger charge is 2.37. The lowest BCUT2D eigenvalue weighted by Gasteiger charge is -2.28. The van der Waals surface area contributed by atoms with Gasteiger partial charge in [-0.3, -0.25) is 0 Å². The van der Waals surface area contributed by atoms with Crippen LogP contribution in [0.4, 0.5) is 0 Å². The molecule has 1 N–H and O–H groups in total. The van der Waals surface area contributed by atoms with Crippen molar-refractivity contribution >= 4 is 32.7 Å². The molecule has 20 heavy (non-hydrogen) atoms. The van der Waals surface area contributed by atoms with Crippen molar-refractivity contribution in [3.8, 4) is 0 Å². The molecule has 2 aromatic rings. The number of hydrogen-bond acceptors (Lipinski definition) is 4. The maximum absolute atomic E-state index is 12.3. The average Bonchev–Trinajstić information content (AvgIpc) is 3.16. The summed E-state index contributed by atoms with van der Waals surface area (Å²) in [6, 6.07) is 7.60. The van der Waals surface area contributed by atoms with Crippen molar-refractivity contribution < 1.29 is 8.42 Å². The smallest absolute Gasteiger partial charge is 0.210 e. The fourth-order valence-corrected chi connectivity index (χ4v) is 6.02. The van der Waals surface area contributed by atoms with Crippen LogP contribution in [0.5, 0.6) is 0 Å². The number of nitrogens with one attached hydrogen (secondary N) is 1. The molecule has 2 aromatic heterocycles. The van der Waals surface area contributed by atoms with Gasteiger partial charge in [0.05, 0.1) is 0 Å². The third-order valence-corrected chi connectivity index (χ3v) is 7.88. The zero-order valence-electron chi connectivity index (χ0n) is 11.0. The lowest BCUT2D eigenvalue weighted by atomic mass is 9.85. The van der Waals surface area contributed by atoms with Crippen molar-refractivity contribution in [1.82, 2.24) is 4.72 Å². The van der Waals surface area contributed by atoms with Crippen LogP contribution in [0.25, 0.3) is 0 Å². The second kappa shape index (κ2) is 5.60. The first-order valence-corrected chi connectivity index (χ1v) is 9.94. The van der Waals surface area contributed by atoms with E-state index < -0.39 is 10.0 Å². The van der Waals surface area contributed by atoms with Gasteiger partial charge in [-0.1, -0.05) is 25.0 Å². The van der Waals surface area contributed by atoms with Crippen molar-refractivity contribution in [3.05, 3.63) is 39.9 Å². The highest BCUT2D eigenvalue weighted by atomic mass is 32.2. The second-order valence-electron chi connectivity index (χ2n) is 5.22. The molecule has 6 heteroatoms. The summed E-state index contributed by atoms with van der Waals surface area (Å²) in [4.78, 5) is 1.31. The molecule has 0 spiro atoms. The van der Waals surface area contributed by atoms with E-state index in [9.17, 15) is 8.42 Å². The van der Waals surface area contributed by atoms with Crippen molar-refractivity contribution in [2.24, 2.45) is 0 Å². The van der Waals surface area contributed by atoms with Crippen LogP contribution in [0.15, 0.2) is 39.2 Å². The zero-order chi connectivity index (χ0) is 14.1. The van der Waals surface area contributed by atoms with E-state index in [0.717, 1.165) is 12.8 Å². The Morgan fingerprint density at radius 2 is 1.80 bits per heavy atom. The molecular weight excluding hydrogens is 310 g/mol. The van der Waals surface area contributed by atoms with Gasteiger partial charge in [-0.15, -0.1) is 22.7 Å².